The van der Waals surface area contributed by atoms with E-state index in [9.17, 15) is 8.78 Å². The van der Waals surface area contributed by atoms with Gasteiger partial charge in [-0.05, 0) is 37.1 Å². The number of rotatable bonds is 3. The second-order valence-electron chi connectivity index (χ2n) is 5.87. The smallest absolute Gasteiger partial charge is 0.159 e. The van der Waals surface area contributed by atoms with Crippen molar-refractivity contribution >= 4 is 0 Å². The second kappa shape index (κ2) is 5.76. The molecule has 0 aromatic heterocycles. The highest BCUT2D eigenvalue weighted by Crippen LogP contribution is 2.23. The van der Waals surface area contributed by atoms with Crippen molar-refractivity contribution < 1.29 is 8.78 Å². The maximum atomic E-state index is 13.2. The minimum absolute atomic E-state index is 0.266. The third kappa shape index (κ3) is 2.85. The first-order valence-electron chi connectivity index (χ1n) is 7.30. The first-order chi connectivity index (χ1) is 9.63. The van der Waals surface area contributed by atoms with Crippen molar-refractivity contribution in [3.05, 3.63) is 35.4 Å². The first kappa shape index (κ1) is 13.9. The maximum Gasteiger partial charge on any atom is 0.159 e. The van der Waals surface area contributed by atoms with Crippen LogP contribution in [0.1, 0.15) is 24.4 Å². The van der Waals surface area contributed by atoms with E-state index in [2.05, 4.69) is 9.80 Å². The number of benzene rings is 1. The SMILES string of the molecule is NC(CN1CCN2CCCC2C1)c1ccc(F)c(F)c1. The summed E-state index contributed by atoms with van der Waals surface area (Å²) < 4.78 is 26.2. The van der Waals surface area contributed by atoms with E-state index in [1.54, 1.807) is 6.07 Å². The molecule has 2 aliphatic heterocycles. The van der Waals surface area contributed by atoms with Gasteiger partial charge in [0, 0.05) is 38.3 Å². The summed E-state index contributed by atoms with van der Waals surface area (Å²) in [5.74, 6) is -1.64. The molecule has 1 aromatic carbocycles. The Balaban J connectivity index is 1.60. The minimum Gasteiger partial charge on any atom is -0.323 e. The van der Waals surface area contributed by atoms with Gasteiger partial charge in [0.25, 0.3) is 0 Å². The van der Waals surface area contributed by atoms with E-state index in [0.717, 1.165) is 25.7 Å². The maximum absolute atomic E-state index is 13.2. The summed E-state index contributed by atoms with van der Waals surface area (Å²) in [4.78, 5) is 4.89. The lowest BCUT2D eigenvalue weighted by Gasteiger charge is -2.38. The van der Waals surface area contributed by atoms with E-state index in [-0.39, 0.29) is 6.04 Å². The van der Waals surface area contributed by atoms with Crippen molar-refractivity contribution in [1.29, 1.82) is 0 Å². The Hall–Kier alpha value is -1.04. The van der Waals surface area contributed by atoms with Crippen LogP contribution in [0.3, 0.4) is 0 Å². The number of nitrogens with two attached hydrogens (primary N) is 1. The fraction of sp³-hybridized carbons (Fsp3) is 0.600. The van der Waals surface area contributed by atoms with Gasteiger partial charge < -0.3 is 5.73 Å². The van der Waals surface area contributed by atoms with E-state index in [0.29, 0.717) is 18.2 Å². The molecule has 2 unspecified atom stereocenters. The highest BCUT2D eigenvalue weighted by molar-refractivity contribution is 5.21. The molecule has 2 N–H and O–H groups in total. The zero-order chi connectivity index (χ0) is 14.1. The van der Waals surface area contributed by atoms with Crippen molar-refractivity contribution in [1.82, 2.24) is 9.80 Å². The van der Waals surface area contributed by atoms with E-state index in [1.807, 2.05) is 0 Å². The third-order valence-electron chi connectivity index (χ3n) is 4.50. The highest BCUT2D eigenvalue weighted by atomic mass is 19.2. The van der Waals surface area contributed by atoms with Gasteiger partial charge in [0.15, 0.2) is 11.6 Å². The van der Waals surface area contributed by atoms with Crippen molar-refractivity contribution in [2.75, 3.05) is 32.7 Å². The van der Waals surface area contributed by atoms with Crippen molar-refractivity contribution in [2.24, 2.45) is 5.73 Å². The van der Waals surface area contributed by atoms with Crippen LogP contribution in [0.15, 0.2) is 18.2 Å². The quantitative estimate of drug-likeness (QED) is 0.916. The molecule has 2 heterocycles. The lowest BCUT2D eigenvalue weighted by Crippen LogP contribution is -2.51. The van der Waals surface area contributed by atoms with Gasteiger partial charge >= 0.3 is 0 Å². The normalized spacial score (nSPS) is 25.6. The summed E-state index contributed by atoms with van der Waals surface area (Å²) in [5, 5.41) is 0. The number of nitrogens with zero attached hydrogens (tertiary/aromatic N) is 2. The second-order valence-corrected chi connectivity index (χ2v) is 5.87. The van der Waals surface area contributed by atoms with Gasteiger partial charge in [0.1, 0.15) is 0 Å². The van der Waals surface area contributed by atoms with Crippen LogP contribution in [0.4, 0.5) is 8.78 Å². The van der Waals surface area contributed by atoms with Gasteiger partial charge in [-0.1, -0.05) is 6.07 Å². The summed E-state index contributed by atoms with van der Waals surface area (Å²) in [6.07, 6.45) is 2.55. The molecule has 2 atom stereocenters. The number of fused-ring (bicyclic) bond motifs is 1. The van der Waals surface area contributed by atoms with Crippen molar-refractivity contribution in [3.8, 4) is 0 Å². The molecule has 0 bridgehead atoms. The molecule has 3 nitrogen and oxygen atoms in total. The molecule has 0 spiro atoms. The molecule has 3 rings (SSSR count). The van der Waals surface area contributed by atoms with Crippen molar-refractivity contribution in [3.63, 3.8) is 0 Å². The first-order valence-corrected chi connectivity index (χ1v) is 7.30. The molecule has 2 saturated heterocycles. The number of piperazine rings is 1. The molecular weight excluding hydrogens is 260 g/mol. The Morgan fingerprint density at radius 2 is 2.05 bits per heavy atom. The molecule has 2 aliphatic rings. The molecule has 5 heteroatoms. The van der Waals surface area contributed by atoms with Crippen molar-refractivity contribution in [2.45, 2.75) is 24.9 Å². The Labute approximate surface area is 118 Å². The molecule has 0 radical (unpaired) electrons. The summed E-state index contributed by atoms with van der Waals surface area (Å²) in [7, 11) is 0. The standard InChI is InChI=1S/C15H21F2N3/c16-13-4-3-11(8-14(13)17)15(18)10-19-6-7-20-5-1-2-12(20)9-19/h3-4,8,12,15H,1-2,5-7,9-10,18H2. The van der Waals surface area contributed by atoms with Crippen LogP contribution < -0.4 is 5.73 Å². The molecule has 1 aromatic rings. The Morgan fingerprint density at radius 1 is 1.20 bits per heavy atom. The van der Waals surface area contributed by atoms with Gasteiger partial charge in [-0.15, -0.1) is 0 Å². The van der Waals surface area contributed by atoms with Gasteiger partial charge in [0.2, 0.25) is 0 Å². The van der Waals surface area contributed by atoms with Crippen LogP contribution >= 0.6 is 0 Å². The van der Waals surface area contributed by atoms with Gasteiger partial charge in [-0.3, -0.25) is 9.80 Å². The average molecular weight is 281 g/mol. The van der Waals surface area contributed by atoms with Crippen LogP contribution in [0, 0.1) is 11.6 Å². The Bertz CT molecular complexity index is 480. The number of hydrogen-bond donors (Lipinski definition) is 1. The lowest BCUT2D eigenvalue weighted by molar-refractivity contribution is 0.0998. The number of hydrogen-bond acceptors (Lipinski definition) is 3. The molecule has 0 aliphatic carbocycles. The molecule has 0 amide bonds. The van der Waals surface area contributed by atoms with Crippen LogP contribution in [0.25, 0.3) is 0 Å². The summed E-state index contributed by atoms with van der Waals surface area (Å²) >= 11 is 0. The molecular formula is C15H21F2N3. The Morgan fingerprint density at radius 3 is 2.85 bits per heavy atom. The molecule has 2 fully saturated rings. The zero-order valence-electron chi connectivity index (χ0n) is 11.6. The van der Waals surface area contributed by atoms with Crippen LogP contribution in [-0.4, -0.2) is 48.6 Å². The predicted octanol–water partition coefficient (Wildman–Crippen LogP) is 1.74. The fourth-order valence-electron chi connectivity index (χ4n) is 3.35. The third-order valence-corrected chi connectivity index (χ3v) is 4.50. The molecule has 20 heavy (non-hydrogen) atoms. The Kier molecular flexibility index (Phi) is 4.01. The number of halogens is 2. The van der Waals surface area contributed by atoms with Crippen LogP contribution in [-0.2, 0) is 0 Å². The van der Waals surface area contributed by atoms with Crippen LogP contribution in [0.5, 0.6) is 0 Å². The zero-order valence-corrected chi connectivity index (χ0v) is 11.6. The van der Waals surface area contributed by atoms with E-state index >= 15 is 0 Å². The largest absolute Gasteiger partial charge is 0.323 e. The summed E-state index contributed by atoms with van der Waals surface area (Å²) in [6.45, 7) is 5.06. The van der Waals surface area contributed by atoms with Gasteiger partial charge in [0.05, 0.1) is 0 Å². The van der Waals surface area contributed by atoms with Crippen LogP contribution in [0.2, 0.25) is 0 Å². The summed E-state index contributed by atoms with van der Waals surface area (Å²) in [5.41, 5.74) is 6.80. The van der Waals surface area contributed by atoms with E-state index in [4.69, 9.17) is 5.73 Å². The van der Waals surface area contributed by atoms with Gasteiger partial charge in [-0.2, -0.15) is 0 Å². The van der Waals surface area contributed by atoms with Gasteiger partial charge in [-0.25, -0.2) is 8.78 Å². The predicted molar refractivity (Wildman–Crippen MR) is 74.3 cm³/mol. The highest BCUT2D eigenvalue weighted by Gasteiger charge is 2.31. The van der Waals surface area contributed by atoms with E-state index < -0.39 is 11.6 Å². The molecule has 110 valence electrons. The summed E-state index contributed by atoms with van der Waals surface area (Å²) in [6, 6.07) is 4.33. The minimum atomic E-state index is -0.821. The molecule has 0 saturated carbocycles. The average Bonchev–Trinajstić information content (AvgIpc) is 2.89. The monoisotopic (exact) mass is 281 g/mol. The van der Waals surface area contributed by atoms with E-state index in [1.165, 1.54) is 25.5 Å². The fourth-order valence-corrected chi connectivity index (χ4v) is 3.35. The lowest BCUT2D eigenvalue weighted by atomic mass is 10.1. The topological polar surface area (TPSA) is 32.5 Å².